The summed E-state index contributed by atoms with van der Waals surface area (Å²) in [6.07, 6.45) is 0. The van der Waals surface area contributed by atoms with E-state index in [1.54, 1.807) is 0 Å². The first-order chi connectivity index (χ1) is 7.84. The fraction of sp³-hybridized carbons (Fsp3) is 0.600. The maximum absolute atomic E-state index is 5.77. The summed E-state index contributed by atoms with van der Waals surface area (Å²) in [6.45, 7) is 11.5. The standard InChI is InChI=1S/C15H26N2.ClH/c1-12-6-7-14(8-13(12)2)9-17(5)11-15(3,4)10-16;/h6-8H,9-11,16H2,1-5H3;1H. The zero-order chi connectivity index (χ0) is 13.1. The lowest BCUT2D eigenvalue weighted by molar-refractivity contribution is 0.210. The number of hydrogen-bond acceptors (Lipinski definition) is 2. The van der Waals surface area contributed by atoms with Gasteiger partial charge in [-0.2, -0.15) is 0 Å². The number of nitrogens with two attached hydrogens (primary N) is 1. The maximum Gasteiger partial charge on any atom is 0.0231 e. The quantitative estimate of drug-likeness (QED) is 0.891. The first kappa shape index (κ1) is 17.4. The van der Waals surface area contributed by atoms with E-state index in [0.717, 1.165) is 19.6 Å². The maximum atomic E-state index is 5.77. The van der Waals surface area contributed by atoms with Gasteiger partial charge in [-0.3, -0.25) is 0 Å². The summed E-state index contributed by atoms with van der Waals surface area (Å²) in [6, 6.07) is 6.70. The number of benzene rings is 1. The Morgan fingerprint density at radius 3 is 2.28 bits per heavy atom. The van der Waals surface area contributed by atoms with Gasteiger partial charge in [0.05, 0.1) is 0 Å². The molecule has 1 aromatic rings. The minimum absolute atomic E-state index is 0. The van der Waals surface area contributed by atoms with Gasteiger partial charge in [0, 0.05) is 13.1 Å². The van der Waals surface area contributed by atoms with Crippen LogP contribution in [-0.4, -0.2) is 25.0 Å². The van der Waals surface area contributed by atoms with Gasteiger partial charge in [0.15, 0.2) is 0 Å². The molecule has 2 N–H and O–H groups in total. The number of rotatable bonds is 5. The van der Waals surface area contributed by atoms with Gasteiger partial charge in [-0.05, 0) is 49.5 Å². The Kier molecular flexibility index (Phi) is 6.90. The van der Waals surface area contributed by atoms with Crippen molar-refractivity contribution in [3.8, 4) is 0 Å². The second-order valence-corrected chi connectivity index (χ2v) is 5.96. The highest BCUT2D eigenvalue weighted by Crippen LogP contribution is 2.16. The summed E-state index contributed by atoms with van der Waals surface area (Å²) in [5.74, 6) is 0. The average molecular weight is 271 g/mol. The van der Waals surface area contributed by atoms with Crippen LogP contribution in [0.3, 0.4) is 0 Å². The molecule has 1 rings (SSSR count). The molecular weight excluding hydrogens is 244 g/mol. The van der Waals surface area contributed by atoms with Crippen molar-refractivity contribution in [2.24, 2.45) is 11.1 Å². The molecule has 0 atom stereocenters. The van der Waals surface area contributed by atoms with Crippen LogP contribution in [0.1, 0.15) is 30.5 Å². The van der Waals surface area contributed by atoms with Crippen molar-refractivity contribution < 1.29 is 0 Å². The molecular formula is C15H27ClN2. The first-order valence-electron chi connectivity index (χ1n) is 6.29. The highest BCUT2D eigenvalue weighted by Gasteiger charge is 2.17. The molecule has 1 aromatic carbocycles. The fourth-order valence-electron chi connectivity index (χ4n) is 2.06. The molecule has 0 unspecified atom stereocenters. The summed E-state index contributed by atoms with van der Waals surface area (Å²) in [4.78, 5) is 2.34. The highest BCUT2D eigenvalue weighted by atomic mass is 35.5. The van der Waals surface area contributed by atoms with Crippen LogP contribution >= 0.6 is 12.4 Å². The molecule has 0 aliphatic heterocycles. The minimum atomic E-state index is 0. The van der Waals surface area contributed by atoms with Gasteiger partial charge < -0.3 is 10.6 Å². The van der Waals surface area contributed by atoms with Crippen molar-refractivity contribution in [3.63, 3.8) is 0 Å². The third kappa shape index (κ3) is 5.38. The second-order valence-electron chi connectivity index (χ2n) is 5.96. The summed E-state index contributed by atoms with van der Waals surface area (Å²) < 4.78 is 0. The molecule has 0 aliphatic rings. The van der Waals surface area contributed by atoms with Crippen LogP contribution in [0.15, 0.2) is 18.2 Å². The van der Waals surface area contributed by atoms with Crippen LogP contribution < -0.4 is 5.73 Å². The molecule has 0 saturated heterocycles. The van der Waals surface area contributed by atoms with Gasteiger partial charge in [-0.15, -0.1) is 12.4 Å². The summed E-state index contributed by atoms with van der Waals surface area (Å²) in [7, 11) is 2.16. The van der Waals surface area contributed by atoms with Crippen molar-refractivity contribution in [3.05, 3.63) is 34.9 Å². The zero-order valence-electron chi connectivity index (χ0n) is 12.3. The second kappa shape index (κ2) is 7.13. The smallest absolute Gasteiger partial charge is 0.0231 e. The molecule has 3 heteroatoms. The molecule has 104 valence electrons. The van der Waals surface area contributed by atoms with E-state index in [1.165, 1.54) is 16.7 Å². The minimum Gasteiger partial charge on any atom is -0.330 e. The number of halogens is 1. The highest BCUT2D eigenvalue weighted by molar-refractivity contribution is 5.85. The van der Waals surface area contributed by atoms with Crippen molar-refractivity contribution in [2.75, 3.05) is 20.1 Å². The molecule has 0 heterocycles. The largest absolute Gasteiger partial charge is 0.330 e. The van der Waals surface area contributed by atoms with E-state index in [0.29, 0.717) is 0 Å². The third-order valence-electron chi connectivity index (χ3n) is 3.27. The van der Waals surface area contributed by atoms with Crippen molar-refractivity contribution >= 4 is 12.4 Å². The van der Waals surface area contributed by atoms with Gasteiger partial charge in [0.2, 0.25) is 0 Å². The molecule has 0 saturated carbocycles. The Morgan fingerprint density at radius 1 is 1.17 bits per heavy atom. The van der Waals surface area contributed by atoms with E-state index in [4.69, 9.17) is 5.73 Å². The number of aryl methyl sites for hydroxylation is 2. The van der Waals surface area contributed by atoms with E-state index in [9.17, 15) is 0 Å². The average Bonchev–Trinajstić information content (AvgIpc) is 2.23. The normalized spacial score (nSPS) is 11.5. The molecule has 0 fully saturated rings. The van der Waals surface area contributed by atoms with Crippen LogP contribution in [0.2, 0.25) is 0 Å². The molecule has 0 radical (unpaired) electrons. The monoisotopic (exact) mass is 270 g/mol. The predicted octanol–water partition coefficient (Wildman–Crippen LogP) is 3.14. The Morgan fingerprint density at radius 2 is 1.78 bits per heavy atom. The summed E-state index contributed by atoms with van der Waals surface area (Å²) >= 11 is 0. The van der Waals surface area contributed by atoms with E-state index in [-0.39, 0.29) is 17.8 Å². The third-order valence-corrected chi connectivity index (χ3v) is 3.27. The lowest BCUT2D eigenvalue weighted by Crippen LogP contribution is -2.36. The van der Waals surface area contributed by atoms with Crippen LogP contribution in [0, 0.1) is 19.3 Å². The van der Waals surface area contributed by atoms with Crippen molar-refractivity contribution in [1.29, 1.82) is 0 Å². The van der Waals surface area contributed by atoms with Gasteiger partial charge in [-0.1, -0.05) is 32.0 Å². The fourth-order valence-corrected chi connectivity index (χ4v) is 2.06. The van der Waals surface area contributed by atoms with E-state index in [1.807, 2.05) is 0 Å². The van der Waals surface area contributed by atoms with Crippen molar-refractivity contribution in [1.82, 2.24) is 4.90 Å². The predicted molar refractivity (Wildman–Crippen MR) is 82.3 cm³/mol. The Balaban J connectivity index is 0.00000289. The zero-order valence-corrected chi connectivity index (χ0v) is 13.1. The molecule has 0 spiro atoms. The van der Waals surface area contributed by atoms with Gasteiger partial charge in [0.25, 0.3) is 0 Å². The van der Waals surface area contributed by atoms with Crippen LogP contribution in [0.4, 0.5) is 0 Å². The summed E-state index contributed by atoms with van der Waals surface area (Å²) in [5.41, 5.74) is 10.1. The SMILES string of the molecule is Cc1ccc(CN(C)CC(C)(C)CN)cc1C.Cl. The van der Waals surface area contributed by atoms with Gasteiger partial charge in [0.1, 0.15) is 0 Å². The lowest BCUT2D eigenvalue weighted by atomic mass is 9.93. The molecule has 0 aliphatic carbocycles. The summed E-state index contributed by atoms with van der Waals surface area (Å²) in [5, 5.41) is 0. The first-order valence-corrected chi connectivity index (χ1v) is 6.29. The molecule has 2 nitrogen and oxygen atoms in total. The van der Waals surface area contributed by atoms with Crippen LogP contribution in [-0.2, 0) is 6.54 Å². The van der Waals surface area contributed by atoms with Gasteiger partial charge >= 0.3 is 0 Å². The molecule has 0 amide bonds. The Labute approximate surface area is 118 Å². The van der Waals surface area contributed by atoms with E-state index in [2.05, 4.69) is 57.8 Å². The van der Waals surface area contributed by atoms with Crippen molar-refractivity contribution in [2.45, 2.75) is 34.2 Å². The molecule has 0 bridgehead atoms. The Hall–Kier alpha value is -0.570. The number of nitrogens with zero attached hydrogens (tertiary/aromatic N) is 1. The van der Waals surface area contributed by atoms with Crippen LogP contribution in [0.25, 0.3) is 0 Å². The number of hydrogen-bond donors (Lipinski definition) is 1. The molecule has 0 aromatic heterocycles. The van der Waals surface area contributed by atoms with E-state index >= 15 is 0 Å². The molecule has 18 heavy (non-hydrogen) atoms. The van der Waals surface area contributed by atoms with Gasteiger partial charge in [-0.25, -0.2) is 0 Å². The lowest BCUT2D eigenvalue weighted by Gasteiger charge is -2.29. The topological polar surface area (TPSA) is 29.3 Å². The van der Waals surface area contributed by atoms with E-state index < -0.39 is 0 Å². The Bertz CT molecular complexity index is 375. The van der Waals surface area contributed by atoms with Crippen LogP contribution in [0.5, 0.6) is 0 Å².